The SMILES string of the molecule is Cl.NC(CF)c1ccccc1Cl. The van der Waals surface area contributed by atoms with E-state index in [9.17, 15) is 4.39 Å². The van der Waals surface area contributed by atoms with Gasteiger partial charge in [0.25, 0.3) is 0 Å². The van der Waals surface area contributed by atoms with Crippen LogP contribution in [0.15, 0.2) is 24.3 Å². The van der Waals surface area contributed by atoms with Gasteiger partial charge in [0, 0.05) is 5.02 Å². The molecule has 0 saturated heterocycles. The van der Waals surface area contributed by atoms with Gasteiger partial charge in [0.1, 0.15) is 6.67 Å². The molecule has 68 valence electrons. The smallest absolute Gasteiger partial charge is 0.109 e. The first-order valence-electron chi connectivity index (χ1n) is 3.31. The fourth-order valence-electron chi connectivity index (χ4n) is 0.859. The number of rotatable bonds is 2. The Morgan fingerprint density at radius 3 is 2.50 bits per heavy atom. The topological polar surface area (TPSA) is 26.0 Å². The molecule has 12 heavy (non-hydrogen) atoms. The highest BCUT2D eigenvalue weighted by Crippen LogP contribution is 2.20. The van der Waals surface area contributed by atoms with Crippen molar-refractivity contribution in [2.45, 2.75) is 6.04 Å². The highest BCUT2D eigenvalue weighted by Gasteiger charge is 2.07. The minimum absolute atomic E-state index is 0. The van der Waals surface area contributed by atoms with E-state index in [1.807, 2.05) is 0 Å². The normalized spacial score (nSPS) is 11.9. The Morgan fingerprint density at radius 2 is 2.00 bits per heavy atom. The Kier molecular flexibility index (Phi) is 5.22. The summed E-state index contributed by atoms with van der Waals surface area (Å²) in [4.78, 5) is 0. The van der Waals surface area contributed by atoms with Crippen LogP contribution in [0.5, 0.6) is 0 Å². The van der Waals surface area contributed by atoms with Crippen molar-refractivity contribution in [2.24, 2.45) is 5.73 Å². The predicted molar refractivity (Wildman–Crippen MR) is 51.6 cm³/mol. The van der Waals surface area contributed by atoms with Gasteiger partial charge in [0.2, 0.25) is 0 Å². The molecule has 0 heterocycles. The largest absolute Gasteiger partial charge is 0.322 e. The van der Waals surface area contributed by atoms with Crippen molar-refractivity contribution >= 4 is 24.0 Å². The zero-order valence-electron chi connectivity index (χ0n) is 6.34. The van der Waals surface area contributed by atoms with E-state index in [-0.39, 0.29) is 12.4 Å². The molecule has 4 heteroatoms. The van der Waals surface area contributed by atoms with Crippen LogP contribution in [0.3, 0.4) is 0 Å². The van der Waals surface area contributed by atoms with Crippen LogP contribution >= 0.6 is 24.0 Å². The quantitative estimate of drug-likeness (QED) is 0.797. The van der Waals surface area contributed by atoms with Gasteiger partial charge in [-0.1, -0.05) is 29.8 Å². The summed E-state index contributed by atoms with van der Waals surface area (Å²) in [5, 5.41) is 0.526. The summed E-state index contributed by atoms with van der Waals surface area (Å²) < 4.78 is 12.1. The maximum Gasteiger partial charge on any atom is 0.109 e. The molecule has 1 nitrogen and oxygen atoms in total. The van der Waals surface area contributed by atoms with E-state index in [1.165, 1.54) is 0 Å². The lowest BCUT2D eigenvalue weighted by atomic mass is 10.1. The molecular formula is C8H10Cl2FN. The van der Waals surface area contributed by atoms with Crippen molar-refractivity contribution in [3.05, 3.63) is 34.9 Å². The van der Waals surface area contributed by atoms with E-state index < -0.39 is 12.7 Å². The third kappa shape index (κ3) is 2.63. The molecule has 0 aliphatic heterocycles. The molecule has 0 saturated carbocycles. The molecular weight excluding hydrogens is 200 g/mol. The minimum atomic E-state index is -0.594. The number of halogens is 3. The second-order valence-corrected chi connectivity index (χ2v) is 2.69. The molecule has 0 fully saturated rings. The fourth-order valence-corrected chi connectivity index (χ4v) is 1.13. The first-order chi connectivity index (χ1) is 5.25. The summed E-state index contributed by atoms with van der Waals surface area (Å²) in [6.45, 7) is -0.580. The summed E-state index contributed by atoms with van der Waals surface area (Å²) in [7, 11) is 0. The molecule has 1 aromatic carbocycles. The van der Waals surface area contributed by atoms with Crippen LogP contribution in [0, 0.1) is 0 Å². The zero-order chi connectivity index (χ0) is 8.27. The maximum absolute atomic E-state index is 12.1. The lowest BCUT2D eigenvalue weighted by Gasteiger charge is -2.08. The van der Waals surface area contributed by atoms with Crippen LogP contribution in [0.25, 0.3) is 0 Å². The third-order valence-electron chi connectivity index (χ3n) is 1.47. The highest BCUT2D eigenvalue weighted by atomic mass is 35.5. The lowest BCUT2D eigenvalue weighted by molar-refractivity contribution is 0.437. The van der Waals surface area contributed by atoms with Gasteiger partial charge in [-0.25, -0.2) is 4.39 Å². The minimum Gasteiger partial charge on any atom is -0.322 e. The van der Waals surface area contributed by atoms with Crippen molar-refractivity contribution < 1.29 is 4.39 Å². The number of alkyl halides is 1. The molecule has 1 atom stereocenters. The van der Waals surface area contributed by atoms with Crippen molar-refractivity contribution in [1.82, 2.24) is 0 Å². The fraction of sp³-hybridized carbons (Fsp3) is 0.250. The van der Waals surface area contributed by atoms with Crippen LogP contribution in [0.4, 0.5) is 4.39 Å². The second-order valence-electron chi connectivity index (χ2n) is 2.28. The Morgan fingerprint density at radius 1 is 1.42 bits per heavy atom. The standard InChI is InChI=1S/C8H9ClFN.ClH/c9-7-4-2-1-3-6(7)8(11)5-10;/h1-4,8H,5,11H2;1H. The highest BCUT2D eigenvalue weighted by molar-refractivity contribution is 6.31. The molecule has 1 aromatic rings. The number of nitrogens with two attached hydrogens (primary N) is 1. The Hall–Kier alpha value is -0.310. The van der Waals surface area contributed by atoms with Gasteiger partial charge in [-0.15, -0.1) is 12.4 Å². The second kappa shape index (κ2) is 5.36. The van der Waals surface area contributed by atoms with Crippen LogP contribution in [-0.2, 0) is 0 Å². The van der Waals surface area contributed by atoms with E-state index in [4.69, 9.17) is 17.3 Å². The molecule has 0 radical (unpaired) electrons. The zero-order valence-corrected chi connectivity index (χ0v) is 7.91. The van der Waals surface area contributed by atoms with Crippen LogP contribution in [0.1, 0.15) is 11.6 Å². The van der Waals surface area contributed by atoms with Crippen molar-refractivity contribution in [3.63, 3.8) is 0 Å². The molecule has 1 unspecified atom stereocenters. The molecule has 0 aliphatic rings. The predicted octanol–water partition coefficient (Wildman–Crippen LogP) is 2.73. The van der Waals surface area contributed by atoms with Gasteiger partial charge in [-0.3, -0.25) is 0 Å². The monoisotopic (exact) mass is 209 g/mol. The van der Waals surface area contributed by atoms with E-state index in [2.05, 4.69) is 0 Å². The van der Waals surface area contributed by atoms with Crippen LogP contribution in [0.2, 0.25) is 5.02 Å². The molecule has 2 N–H and O–H groups in total. The average molecular weight is 210 g/mol. The summed E-state index contributed by atoms with van der Waals surface area (Å²) in [5.41, 5.74) is 6.10. The van der Waals surface area contributed by atoms with Gasteiger partial charge in [-0.05, 0) is 11.6 Å². The average Bonchev–Trinajstić information content (AvgIpc) is 2.04. The van der Waals surface area contributed by atoms with Gasteiger partial charge < -0.3 is 5.73 Å². The molecule has 0 aliphatic carbocycles. The third-order valence-corrected chi connectivity index (χ3v) is 1.82. The van der Waals surface area contributed by atoms with E-state index >= 15 is 0 Å². The Labute approximate surface area is 82.1 Å². The van der Waals surface area contributed by atoms with E-state index in [1.54, 1.807) is 24.3 Å². The van der Waals surface area contributed by atoms with Gasteiger partial charge in [-0.2, -0.15) is 0 Å². The summed E-state index contributed by atoms with van der Waals surface area (Å²) in [6, 6.07) is 6.41. The van der Waals surface area contributed by atoms with Crippen molar-refractivity contribution in [2.75, 3.05) is 6.67 Å². The number of hydrogen-bond acceptors (Lipinski definition) is 1. The molecule has 0 amide bonds. The lowest BCUT2D eigenvalue weighted by Crippen LogP contribution is -2.12. The van der Waals surface area contributed by atoms with Crippen LogP contribution in [-0.4, -0.2) is 6.67 Å². The van der Waals surface area contributed by atoms with Crippen molar-refractivity contribution in [3.8, 4) is 0 Å². The van der Waals surface area contributed by atoms with E-state index in [0.29, 0.717) is 10.6 Å². The maximum atomic E-state index is 12.1. The molecule has 1 rings (SSSR count). The molecule has 0 aromatic heterocycles. The summed E-state index contributed by atoms with van der Waals surface area (Å²) in [6.07, 6.45) is 0. The summed E-state index contributed by atoms with van der Waals surface area (Å²) >= 11 is 5.75. The first-order valence-corrected chi connectivity index (χ1v) is 3.69. The van der Waals surface area contributed by atoms with Gasteiger partial charge in [0.15, 0.2) is 0 Å². The van der Waals surface area contributed by atoms with Crippen molar-refractivity contribution in [1.29, 1.82) is 0 Å². The molecule has 0 bridgehead atoms. The number of benzene rings is 1. The summed E-state index contributed by atoms with van der Waals surface area (Å²) in [5.74, 6) is 0. The molecule has 0 spiro atoms. The van der Waals surface area contributed by atoms with Crippen LogP contribution < -0.4 is 5.73 Å². The first kappa shape index (κ1) is 11.7. The van der Waals surface area contributed by atoms with Gasteiger partial charge >= 0.3 is 0 Å². The van der Waals surface area contributed by atoms with Gasteiger partial charge in [0.05, 0.1) is 6.04 Å². The van der Waals surface area contributed by atoms with E-state index in [0.717, 1.165) is 0 Å². The Balaban J connectivity index is 0.00000121. The number of hydrogen-bond donors (Lipinski definition) is 1. The Bertz CT molecular complexity index is 242.